The van der Waals surface area contributed by atoms with Gasteiger partial charge in [0, 0.05) is 22.7 Å². The topological polar surface area (TPSA) is 99.5 Å². The highest BCUT2D eigenvalue weighted by molar-refractivity contribution is 5.76. The largest absolute Gasteiger partial charge is 0.444 e. The van der Waals surface area contributed by atoms with E-state index in [0.29, 0.717) is 0 Å². The molecule has 0 radical (unpaired) electrons. The number of benzene rings is 2. The van der Waals surface area contributed by atoms with Gasteiger partial charge in [-0.3, -0.25) is 0 Å². The average molecular weight is 603 g/mol. The summed E-state index contributed by atoms with van der Waals surface area (Å²) in [5, 5.41) is 23.1. The van der Waals surface area contributed by atoms with Crippen molar-refractivity contribution in [3.63, 3.8) is 0 Å². The average Bonchev–Trinajstić information content (AvgIpc) is 2.91. The fraction of sp³-hybridized carbons (Fsp3) is 0.611. The molecule has 6 atom stereocenters. The van der Waals surface area contributed by atoms with Crippen molar-refractivity contribution in [1.29, 1.82) is 0 Å². The van der Waals surface area contributed by atoms with Crippen LogP contribution in [0.5, 0.6) is 0 Å². The standard InChI is InChI=1S/C36H46N2O6/c1-33(2,3)43-31(41)37-27-25-23(17-21-13-9-7-10-14-21)35(19-39)28(37)26-24(18-22-15-11-8-12-16-22)36(27,20-40)29(25)38(30(26)35)32(42)44-34(4,5)6/h7-16,23-30,39-40H,17-20H2,1-6H3. The summed E-state index contributed by atoms with van der Waals surface area (Å²) in [7, 11) is 0. The summed E-state index contributed by atoms with van der Waals surface area (Å²) in [4.78, 5) is 32.2. The van der Waals surface area contributed by atoms with Crippen LogP contribution in [0.3, 0.4) is 0 Å². The number of hydrogen-bond donors (Lipinski definition) is 2. The molecule has 4 aliphatic heterocycles. The van der Waals surface area contributed by atoms with Gasteiger partial charge in [-0.15, -0.1) is 0 Å². The molecule has 6 fully saturated rings. The van der Waals surface area contributed by atoms with Crippen molar-refractivity contribution in [2.45, 2.75) is 89.8 Å². The van der Waals surface area contributed by atoms with E-state index >= 15 is 0 Å². The summed E-state index contributed by atoms with van der Waals surface area (Å²) in [6, 6.07) is 19.3. The molecule has 2 aromatic rings. The molecule has 0 aromatic heterocycles. The molecule has 2 saturated carbocycles. The van der Waals surface area contributed by atoms with E-state index in [1.54, 1.807) is 0 Å². The molecule has 8 nitrogen and oxygen atoms in total. The lowest BCUT2D eigenvalue weighted by atomic mass is 9.23. The van der Waals surface area contributed by atoms with E-state index in [0.717, 1.165) is 12.8 Å². The molecule has 44 heavy (non-hydrogen) atoms. The Bertz CT molecular complexity index is 1300. The zero-order chi connectivity index (χ0) is 31.4. The van der Waals surface area contributed by atoms with Crippen LogP contribution in [0.1, 0.15) is 52.7 Å². The molecule has 8 heteroatoms. The smallest absolute Gasteiger partial charge is 0.410 e. The van der Waals surface area contributed by atoms with Crippen LogP contribution in [0.15, 0.2) is 60.7 Å². The first-order chi connectivity index (χ1) is 20.8. The Kier molecular flexibility index (Phi) is 6.53. The van der Waals surface area contributed by atoms with Crippen molar-refractivity contribution in [2.24, 2.45) is 34.5 Å². The predicted molar refractivity (Wildman–Crippen MR) is 165 cm³/mol. The second-order valence-electron chi connectivity index (χ2n) is 15.8. The number of rotatable bonds is 6. The van der Waals surface area contributed by atoms with E-state index < -0.39 is 34.2 Å². The van der Waals surface area contributed by atoms with Crippen LogP contribution >= 0.6 is 0 Å². The van der Waals surface area contributed by atoms with Gasteiger partial charge in [0.25, 0.3) is 0 Å². The van der Waals surface area contributed by atoms with Crippen molar-refractivity contribution < 1.29 is 29.3 Å². The van der Waals surface area contributed by atoms with Crippen molar-refractivity contribution in [2.75, 3.05) is 13.2 Å². The maximum atomic E-state index is 14.2. The number of nitrogens with zero attached hydrogens (tertiary/aromatic N) is 2. The Morgan fingerprint density at radius 2 is 0.955 bits per heavy atom. The lowest BCUT2D eigenvalue weighted by molar-refractivity contribution is -0.433. The van der Waals surface area contributed by atoms with Gasteiger partial charge in [0.15, 0.2) is 0 Å². The molecule has 0 spiro atoms. The van der Waals surface area contributed by atoms with Crippen LogP contribution in [0.2, 0.25) is 0 Å². The zero-order valence-electron chi connectivity index (χ0n) is 26.6. The maximum Gasteiger partial charge on any atom is 0.410 e. The number of hydrogen-bond acceptors (Lipinski definition) is 6. The highest BCUT2D eigenvalue weighted by atomic mass is 16.6. The van der Waals surface area contributed by atoms with E-state index in [2.05, 4.69) is 24.3 Å². The van der Waals surface area contributed by atoms with Crippen LogP contribution in [-0.2, 0) is 22.3 Å². The van der Waals surface area contributed by atoms with Crippen molar-refractivity contribution in [1.82, 2.24) is 9.80 Å². The molecular formula is C36H46N2O6. The van der Waals surface area contributed by atoms with Gasteiger partial charge in [-0.2, -0.15) is 0 Å². The van der Waals surface area contributed by atoms with Crippen molar-refractivity contribution >= 4 is 12.2 Å². The zero-order valence-corrected chi connectivity index (χ0v) is 26.6. The van der Waals surface area contributed by atoms with Crippen LogP contribution < -0.4 is 0 Å². The summed E-state index contributed by atoms with van der Waals surface area (Å²) in [5.74, 6) is -0.264. The molecule has 2 aromatic carbocycles. The normalized spacial score (nSPS) is 37.7. The molecule has 6 aliphatic rings. The highest BCUT2D eigenvalue weighted by Crippen LogP contribution is 2.82. The van der Waals surface area contributed by atoms with E-state index in [1.165, 1.54) is 11.1 Å². The minimum Gasteiger partial charge on any atom is -0.444 e. The van der Waals surface area contributed by atoms with Crippen molar-refractivity contribution in [3.8, 4) is 0 Å². The molecule has 4 heterocycles. The van der Waals surface area contributed by atoms with Crippen LogP contribution in [0.25, 0.3) is 0 Å². The molecule has 8 bridgehead atoms. The Morgan fingerprint density at radius 1 is 0.636 bits per heavy atom. The molecule has 2 N–H and O–H groups in total. The van der Waals surface area contributed by atoms with Crippen LogP contribution in [0, 0.1) is 34.5 Å². The summed E-state index contributed by atoms with van der Waals surface area (Å²) >= 11 is 0. The first-order valence-electron chi connectivity index (χ1n) is 16.1. The van der Waals surface area contributed by atoms with E-state index in [4.69, 9.17) is 9.47 Å². The second kappa shape index (κ2) is 9.70. The highest BCUT2D eigenvalue weighted by Gasteiger charge is 2.93. The predicted octanol–water partition coefficient (Wildman–Crippen LogP) is 4.91. The molecule has 8 rings (SSSR count). The molecular weight excluding hydrogens is 556 g/mol. The first kappa shape index (κ1) is 29.6. The van der Waals surface area contributed by atoms with Gasteiger partial charge < -0.3 is 29.5 Å². The second-order valence-corrected chi connectivity index (χ2v) is 15.8. The molecule has 2 aliphatic carbocycles. The molecule has 236 valence electrons. The minimum atomic E-state index is -0.747. The fourth-order valence-electron chi connectivity index (χ4n) is 10.6. The van der Waals surface area contributed by atoms with Crippen LogP contribution in [-0.4, -0.2) is 80.8 Å². The molecule has 4 saturated heterocycles. The maximum absolute atomic E-state index is 14.2. The number of amides is 2. The first-order valence-corrected chi connectivity index (χ1v) is 16.1. The number of carbonyl (C=O) groups excluding carboxylic acids is 2. The van der Waals surface area contributed by atoms with Gasteiger partial charge in [-0.1, -0.05) is 60.7 Å². The third kappa shape index (κ3) is 3.82. The summed E-state index contributed by atoms with van der Waals surface area (Å²) in [5.41, 5.74) is -0.555. The van der Waals surface area contributed by atoms with E-state index in [9.17, 15) is 19.8 Å². The molecule has 6 unspecified atom stereocenters. The number of ether oxygens (including phenoxy) is 2. The van der Waals surface area contributed by atoms with Crippen molar-refractivity contribution in [3.05, 3.63) is 71.8 Å². The Hall–Kier alpha value is -3.10. The number of aliphatic hydroxyl groups excluding tert-OH is 2. The Balaban J connectivity index is 1.41. The number of piperidine rings is 4. The summed E-state index contributed by atoms with van der Waals surface area (Å²) in [6.07, 6.45) is 0.677. The monoisotopic (exact) mass is 602 g/mol. The quantitative estimate of drug-likeness (QED) is 0.488. The SMILES string of the molecule is CC(C)(C)OC(=O)N1C2C3C(Cc4ccccc4)C4(CO)C1C1C(Cc5ccccc5)C2(CO)C3N(C(=O)OC(C)(C)C)C14. The lowest BCUT2D eigenvalue weighted by Gasteiger charge is -2.91. The number of aliphatic hydroxyl groups is 2. The van der Waals surface area contributed by atoms with E-state index in [-0.39, 0.29) is 61.1 Å². The third-order valence-corrected chi connectivity index (χ3v) is 11.5. The van der Waals surface area contributed by atoms with Gasteiger partial charge in [0.05, 0.1) is 37.4 Å². The summed E-state index contributed by atoms with van der Waals surface area (Å²) < 4.78 is 12.1. The third-order valence-electron chi connectivity index (χ3n) is 11.5. The number of carbonyl (C=O) groups is 2. The minimum absolute atomic E-state index is 0.0193. The van der Waals surface area contributed by atoms with E-state index in [1.807, 2.05) is 87.7 Å². The van der Waals surface area contributed by atoms with Gasteiger partial charge in [-0.25, -0.2) is 9.59 Å². The lowest BCUT2D eigenvalue weighted by Crippen LogP contribution is -3.03. The Labute approximate surface area is 260 Å². The fourth-order valence-corrected chi connectivity index (χ4v) is 10.6. The Morgan fingerprint density at radius 3 is 1.23 bits per heavy atom. The summed E-state index contributed by atoms with van der Waals surface area (Å²) in [6.45, 7) is 10.9. The van der Waals surface area contributed by atoms with Gasteiger partial charge in [0.2, 0.25) is 0 Å². The van der Waals surface area contributed by atoms with Gasteiger partial charge >= 0.3 is 12.2 Å². The van der Waals surface area contributed by atoms with Gasteiger partial charge in [0.1, 0.15) is 11.2 Å². The van der Waals surface area contributed by atoms with Gasteiger partial charge in [-0.05, 0) is 77.3 Å². The van der Waals surface area contributed by atoms with Crippen LogP contribution in [0.4, 0.5) is 9.59 Å². The molecule has 2 amide bonds.